The summed E-state index contributed by atoms with van der Waals surface area (Å²) in [4.78, 5) is 11.6. The standard InChI is InChI=1S/C12H19N3O3S/c1-9(2)19(17,18)13-7-8-15-12(16)6-5-11(14-15)10-3-4-10/h5-6,9-10,13H,3-4,7-8H2,1-2H3. The van der Waals surface area contributed by atoms with Gasteiger partial charge in [-0.15, -0.1) is 0 Å². The molecule has 1 aromatic heterocycles. The van der Waals surface area contributed by atoms with Crippen LogP contribution in [0.3, 0.4) is 0 Å². The fourth-order valence-electron chi connectivity index (χ4n) is 1.68. The van der Waals surface area contributed by atoms with E-state index in [1.807, 2.05) is 0 Å². The molecule has 106 valence electrons. The summed E-state index contributed by atoms with van der Waals surface area (Å²) in [7, 11) is -3.29. The zero-order chi connectivity index (χ0) is 14.0. The average Bonchev–Trinajstić information content (AvgIpc) is 3.15. The van der Waals surface area contributed by atoms with E-state index in [1.54, 1.807) is 19.9 Å². The molecule has 0 unspecified atom stereocenters. The summed E-state index contributed by atoms with van der Waals surface area (Å²) >= 11 is 0. The minimum Gasteiger partial charge on any atom is -0.268 e. The van der Waals surface area contributed by atoms with Crippen LogP contribution in [0.2, 0.25) is 0 Å². The Bertz CT molecular complexity index is 603. The van der Waals surface area contributed by atoms with Gasteiger partial charge in [-0.3, -0.25) is 4.79 Å². The topological polar surface area (TPSA) is 81.1 Å². The van der Waals surface area contributed by atoms with E-state index < -0.39 is 15.3 Å². The van der Waals surface area contributed by atoms with Crippen LogP contribution in [0.15, 0.2) is 16.9 Å². The molecule has 0 aliphatic heterocycles. The third-order valence-electron chi connectivity index (χ3n) is 3.13. The molecule has 0 spiro atoms. The first-order chi connectivity index (χ1) is 8.90. The third-order valence-corrected chi connectivity index (χ3v) is 4.98. The number of rotatable bonds is 6. The monoisotopic (exact) mass is 285 g/mol. The van der Waals surface area contributed by atoms with Gasteiger partial charge >= 0.3 is 0 Å². The van der Waals surface area contributed by atoms with Crippen LogP contribution in [-0.2, 0) is 16.6 Å². The number of hydrogen-bond donors (Lipinski definition) is 1. The van der Waals surface area contributed by atoms with E-state index in [9.17, 15) is 13.2 Å². The van der Waals surface area contributed by atoms with Crippen LogP contribution in [0.25, 0.3) is 0 Å². The van der Waals surface area contributed by atoms with Crippen LogP contribution in [0, 0.1) is 0 Å². The highest BCUT2D eigenvalue weighted by Gasteiger charge is 2.25. The maximum absolute atomic E-state index is 11.6. The van der Waals surface area contributed by atoms with E-state index >= 15 is 0 Å². The first-order valence-electron chi connectivity index (χ1n) is 6.46. The van der Waals surface area contributed by atoms with Gasteiger partial charge in [-0.25, -0.2) is 17.8 Å². The molecule has 2 rings (SSSR count). The molecule has 19 heavy (non-hydrogen) atoms. The van der Waals surface area contributed by atoms with Crippen molar-refractivity contribution in [3.05, 3.63) is 28.2 Å². The van der Waals surface area contributed by atoms with Gasteiger partial charge in [-0.05, 0) is 32.8 Å². The first kappa shape index (κ1) is 14.2. The summed E-state index contributed by atoms with van der Waals surface area (Å²) in [6.07, 6.45) is 2.23. The summed E-state index contributed by atoms with van der Waals surface area (Å²) in [5, 5.41) is 3.79. The number of aromatic nitrogens is 2. The van der Waals surface area contributed by atoms with Gasteiger partial charge in [0.1, 0.15) is 0 Å². The summed E-state index contributed by atoms with van der Waals surface area (Å²) in [6, 6.07) is 3.26. The summed E-state index contributed by atoms with van der Waals surface area (Å²) in [6.45, 7) is 3.66. The molecular formula is C12H19N3O3S. The molecule has 0 atom stereocenters. The van der Waals surface area contributed by atoms with E-state index in [0.717, 1.165) is 18.5 Å². The average molecular weight is 285 g/mol. The second-order valence-corrected chi connectivity index (χ2v) is 7.40. The van der Waals surface area contributed by atoms with Crippen molar-refractivity contribution >= 4 is 10.0 Å². The van der Waals surface area contributed by atoms with E-state index in [0.29, 0.717) is 5.92 Å². The molecule has 1 aromatic rings. The van der Waals surface area contributed by atoms with Crippen molar-refractivity contribution in [2.75, 3.05) is 6.54 Å². The van der Waals surface area contributed by atoms with Gasteiger partial charge < -0.3 is 0 Å². The molecule has 1 aliphatic carbocycles. The smallest absolute Gasteiger partial charge is 0.266 e. The fourth-order valence-corrected chi connectivity index (χ4v) is 2.39. The quantitative estimate of drug-likeness (QED) is 0.822. The largest absolute Gasteiger partial charge is 0.268 e. The Labute approximate surface area is 112 Å². The highest BCUT2D eigenvalue weighted by molar-refractivity contribution is 7.90. The molecule has 7 heteroatoms. The van der Waals surface area contributed by atoms with Crippen molar-refractivity contribution in [2.45, 2.75) is 44.4 Å². The Balaban J connectivity index is 1.99. The van der Waals surface area contributed by atoms with Gasteiger partial charge in [-0.1, -0.05) is 0 Å². The Hall–Kier alpha value is -1.21. The fraction of sp³-hybridized carbons (Fsp3) is 0.667. The zero-order valence-electron chi connectivity index (χ0n) is 11.2. The molecular weight excluding hydrogens is 266 g/mol. The van der Waals surface area contributed by atoms with Crippen molar-refractivity contribution in [3.63, 3.8) is 0 Å². The van der Waals surface area contributed by atoms with Crippen molar-refractivity contribution in [1.29, 1.82) is 0 Å². The third kappa shape index (κ3) is 3.63. The number of nitrogens with zero attached hydrogens (tertiary/aromatic N) is 2. The zero-order valence-corrected chi connectivity index (χ0v) is 12.0. The van der Waals surface area contributed by atoms with Crippen molar-refractivity contribution in [1.82, 2.24) is 14.5 Å². The van der Waals surface area contributed by atoms with Gasteiger partial charge in [0.15, 0.2) is 0 Å². The maximum Gasteiger partial charge on any atom is 0.266 e. The van der Waals surface area contributed by atoms with Crippen molar-refractivity contribution in [2.24, 2.45) is 0 Å². The molecule has 0 amide bonds. The van der Waals surface area contributed by atoms with Crippen LogP contribution in [0.5, 0.6) is 0 Å². The molecule has 0 radical (unpaired) electrons. The first-order valence-corrected chi connectivity index (χ1v) is 8.01. The molecule has 1 heterocycles. The van der Waals surface area contributed by atoms with E-state index in [2.05, 4.69) is 9.82 Å². The highest BCUT2D eigenvalue weighted by atomic mass is 32.2. The lowest BCUT2D eigenvalue weighted by molar-refractivity contribution is 0.536. The molecule has 1 N–H and O–H groups in total. The van der Waals surface area contributed by atoms with Crippen LogP contribution >= 0.6 is 0 Å². The summed E-state index contributed by atoms with van der Waals surface area (Å²) < 4.78 is 26.9. The lowest BCUT2D eigenvalue weighted by atomic mass is 10.3. The predicted molar refractivity (Wildman–Crippen MR) is 72.5 cm³/mol. The number of sulfonamides is 1. The second-order valence-electron chi connectivity index (χ2n) is 5.08. The lowest BCUT2D eigenvalue weighted by Gasteiger charge is -2.10. The minimum absolute atomic E-state index is 0.182. The summed E-state index contributed by atoms with van der Waals surface area (Å²) in [5.74, 6) is 0.471. The molecule has 1 aliphatic rings. The Morgan fingerprint density at radius 2 is 2.11 bits per heavy atom. The summed E-state index contributed by atoms with van der Waals surface area (Å²) in [5.41, 5.74) is 0.722. The van der Waals surface area contributed by atoms with Crippen LogP contribution < -0.4 is 10.3 Å². The normalized spacial score (nSPS) is 15.9. The second kappa shape index (κ2) is 5.42. The molecule has 0 bridgehead atoms. The highest BCUT2D eigenvalue weighted by Crippen LogP contribution is 2.38. The minimum atomic E-state index is -3.29. The Kier molecular flexibility index (Phi) is 4.05. The van der Waals surface area contributed by atoms with Crippen LogP contribution in [-0.4, -0.2) is 30.0 Å². The predicted octanol–water partition coefficient (Wildman–Crippen LogP) is 0.448. The number of nitrogens with one attached hydrogen (secondary N) is 1. The molecule has 1 fully saturated rings. The van der Waals surface area contributed by atoms with E-state index in [4.69, 9.17) is 0 Å². The van der Waals surface area contributed by atoms with E-state index in [-0.39, 0.29) is 18.6 Å². The molecule has 0 saturated heterocycles. The Morgan fingerprint density at radius 1 is 1.42 bits per heavy atom. The van der Waals surface area contributed by atoms with E-state index in [1.165, 1.54) is 10.7 Å². The van der Waals surface area contributed by atoms with Crippen molar-refractivity contribution in [3.8, 4) is 0 Å². The Morgan fingerprint density at radius 3 is 2.68 bits per heavy atom. The van der Waals surface area contributed by atoms with Crippen molar-refractivity contribution < 1.29 is 8.42 Å². The van der Waals surface area contributed by atoms with Gasteiger partial charge in [0.05, 0.1) is 17.5 Å². The van der Waals surface area contributed by atoms with Gasteiger partial charge in [0, 0.05) is 18.5 Å². The van der Waals surface area contributed by atoms with Crippen LogP contribution in [0.1, 0.15) is 38.3 Å². The molecule has 6 nitrogen and oxygen atoms in total. The molecule has 0 aromatic carbocycles. The van der Waals surface area contributed by atoms with Gasteiger partial charge in [-0.2, -0.15) is 5.10 Å². The number of hydrogen-bond acceptors (Lipinski definition) is 4. The molecule has 1 saturated carbocycles. The van der Waals surface area contributed by atoms with Gasteiger partial charge in [0.25, 0.3) is 5.56 Å². The SMILES string of the molecule is CC(C)S(=O)(=O)NCCn1nc(C2CC2)ccc1=O. The van der Waals surface area contributed by atoms with Gasteiger partial charge in [0.2, 0.25) is 10.0 Å². The lowest BCUT2D eigenvalue weighted by Crippen LogP contribution is -2.35. The van der Waals surface area contributed by atoms with Crippen LogP contribution in [0.4, 0.5) is 0 Å². The maximum atomic E-state index is 11.6.